The summed E-state index contributed by atoms with van der Waals surface area (Å²) >= 11 is 3.16. The van der Waals surface area contributed by atoms with Crippen molar-refractivity contribution in [3.63, 3.8) is 0 Å². The van der Waals surface area contributed by atoms with Crippen LogP contribution in [0.15, 0.2) is 22.9 Å². The summed E-state index contributed by atoms with van der Waals surface area (Å²) in [6.07, 6.45) is 0.384. The summed E-state index contributed by atoms with van der Waals surface area (Å²) in [5.74, 6) is -1.04. The predicted octanol–water partition coefficient (Wildman–Crippen LogP) is 1.99. The molecule has 15 heavy (non-hydrogen) atoms. The van der Waals surface area contributed by atoms with Crippen LogP contribution in [0.5, 0.6) is 0 Å². The fourth-order valence-electron chi connectivity index (χ4n) is 1.08. The zero-order valence-corrected chi connectivity index (χ0v) is 10.0. The van der Waals surface area contributed by atoms with Gasteiger partial charge in [-0.25, -0.2) is 4.98 Å². The number of nitrogens with zero attached hydrogens (tertiary/aromatic N) is 1. The van der Waals surface area contributed by atoms with Crippen LogP contribution in [0.25, 0.3) is 0 Å². The van der Waals surface area contributed by atoms with E-state index in [2.05, 4.69) is 20.9 Å². The van der Waals surface area contributed by atoms with Gasteiger partial charge in [0.2, 0.25) is 0 Å². The highest BCUT2D eigenvalue weighted by atomic mass is 79.9. The van der Waals surface area contributed by atoms with Gasteiger partial charge < -0.3 is 10.2 Å². The molecule has 82 valence electrons. The molecule has 5 heteroatoms. The summed E-state index contributed by atoms with van der Waals surface area (Å²) < 4.78 is 0.645. The second-order valence-electron chi connectivity index (χ2n) is 3.84. The molecule has 0 bridgehead atoms. The van der Waals surface area contributed by atoms with Crippen LogP contribution < -0.4 is 0 Å². The van der Waals surface area contributed by atoms with Gasteiger partial charge in [-0.2, -0.15) is 0 Å². The molecule has 0 aromatic carbocycles. The molecule has 1 aromatic heterocycles. The van der Waals surface area contributed by atoms with E-state index in [9.17, 15) is 9.90 Å². The fraction of sp³-hybridized carbons (Fsp3) is 0.400. The van der Waals surface area contributed by atoms with Crippen molar-refractivity contribution in [1.82, 2.24) is 4.98 Å². The topological polar surface area (TPSA) is 70.4 Å². The van der Waals surface area contributed by atoms with Gasteiger partial charge in [-0.3, -0.25) is 4.79 Å². The maximum absolute atomic E-state index is 10.9. The van der Waals surface area contributed by atoms with E-state index in [1.165, 1.54) is 20.0 Å². The van der Waals surface area contributed by atoms with E-state index in [0.29, 0.717) is 10.2 Å². The third-order valence-electron chi connectivity index (χ3n) is 2.30. The van der Waals surface area contributed by atoms with Gasteiger partial charge in [-0.05, 0) is 35.8 Å². The molecule has 1 atom stereocenters. The Labute approximate surface area is 96.1 Å². The van der Waals surface area contributed by atoms with Gasteiger partial charge >= 0.3 is 5.97 Å². The molecular formula is C10H12BrNO3. The van der Waals surface area contributed by atoms with Crippen molar-refractivity contribution in [2.45, 2.75) is 20.0 Å². The largest absolute Gasteiger partial charge is 0.481 e. The Morgan fingerprint density at radius 1 is 1.53 bits per heavy atom. The first-order chi connectivity index (χ1) is 6.85. The van der Waals surface area contributed by atoms with Crippen molar-refractivity contribution in [2.24, 2.45) is 5.41 Å². The fourth-order valence-corrected chi connectivity index (χ4v) is 1.32. The Morgan fingerprint density at radius 3 is 2.53 bits per heavy atom. The smallest absolute Gasteiger partial charge is 0.312 e. The van der Waals surface area contributed by atoms with E-state index in [4.69, 9.17) is 5.11 Å². The van der Waals surface area contributed by atoms with E-state index >= 15 is 0 Å². The molecule has 0 saturated heterocycles. The van der Waals surface area contributed by atoms with Crippen LogP contribution in [0.2, 0.25) is 0 Å². The van der Waals surface area contributed by atoms with E-state index in [1.54, 1.807) is 12.1 Å². The number of carboxylic acids is 1. The average molecular weight is 274 g/mol. The maximum Gasteiger partial charge on any atom is 0.312 e. The van der Waals surface area contributed by atoms with Crippen molar-refractivity contribution < 1.29 is 15.0 Å². The zero-order chi connectivity index (χ0) is 11.6. The number of hydrogen-bond acceptors (Lipinski definition) is 3. The average Bonchev–Trinajstić information content (AvgIpc) is 2.17. The molecule has 1 rings (SSSR count). The Bertz CT molecular complexity index is 361. The summed E-state index contributed by atoms with van der Waals surface area (Å²) in [6.45, 7) is 2.95. The van der Waals surface area contributed by atoms with Gasteiger partial charge in [0.15, 0.2) is 0 Å². The first-order valence-electron chi connectivity index (χ1n) is 4.38. The highest BCUT2D eigenvalue weighted by Gasteiger charge is 2.36. The molecule has 1 unspecified atom stereocenters. The maximum atomic E-state index is 10.9. The second-order valence-corrected chi connectivity index (χ2v) is 4.66. The minimum Gasteiger partial charge on any atom is -0.481 e. The first kappa shape index (κ1) is 12.1. The van der Waals surface area contributed by atoms with Gasteiger partial charge in [-0.1, -0.05) is 6.07 Å². The first-order valence-corrected chi connectivity index (χ1v) is 5.18. The zero-order valence-electron chi connectivity index (χ0n) is 8.44. The number of halogens is 1. The summed E-state index contributed by atoms with van der Waals surface area (Å²) in [5, 5.41) is 18.8. The quantitative estimate of drug-likeness (QED) is 0.827. The molecule has 2 N–H and O–H groups in total. The van der Waals surface area contributed by atoms with Crippen molar-refractivity contribution in [2.75, 3.05) is 0 Å². The van der Waals surface area contributed by atoms with Crippen molar-refractivity contribution in [1.29, 1.82) is 0 Å². The van der Waals surface area contributed by atoms with Gasteiger partial charge in [-0.15, -0.1) is 0 Å². The third-order valence-corrected chi connectivity index (χ3v) is 2.77. The minimum absolute atomic E-state index is 0.491. The Kier molecular flexibility index (Phi) is 3.46. The lowest BCUT2D eigenvalue weighted by Crippen LogP contribution is -2.31. The summed E-state index contributed by atoms with van der Waals surface area (Å²) in [7, 11) is 0. The molecule has 0 fully saturated rings. The van der Waals surface area contributed by atoms with Crippen molar-refractivity contribution in [3.8, 4) is 0 Å². The van der Waals surface area contributed by atoms with E-state index in [1.807, 2.05) is 0 Å². The van der Waals surface area contributed by atoms with Crippen LogP contribution in [0.3, 0.4) is 0 Å². The van der Waals surface area contributed by atoms with Crippen LogP contribution in [-0.4, -0.2) is 21.2 Å². The number of carboxylic acid groups (broad SMARTS) is 1. The standard InChI is InChI=1S/C10H12BrNO3/c1-10(2,9(14)15)8(13)6-3-4-7(11)12-5-6/h3-5,8,13H,1-2H3,(H,14,15). The Morgan fingerprint density at radius 2 is 2.13 bits per heavy atom. The Hall–Kier alpha value is -0.940. The van der Waals surface area contributed by atoms with Crippen LogP contribution >= 0.6 is 15.9 Å². The molecule has 1 aromatic rings. The van der Waals surface area contributed by atoms with Crippen molar-refractivity contribution >= 4 is 21.9 Å². The number of aliphatic carboxylic acids is 1. The lowest BCUT2D eigenvalue weighted by molar-refractivity contribution is -0.153. The highest BCUT2D eigenvalue weighted by Crippen LogP contribution is 2.33. The van der Waals surface area contributed by atoms with Crippen LogP contribution in [-0.2, 0) is 4.79 Å². The molecular weight excluding hydrogens is 262 g/mol. The van der Waals surface area contributed by atoms with Crippen LogP contribution in [0.4, 0.5) is 0 Å². The summed E-state index contributed by atoms with van der Waals surface area (Å²) in [6, 6.07) is 3.31. The van der Waals surface area contributed by atoms with Gasteiger partial charge in [0.05, 0.1) is 11.5 Å². The van der Waals surface area contributed by atoms with Crippen molar-refractivity contribution in [3.05, 3.63) is 28.5 Å². The lowest BCUT2D eigenvalue weighted by atomic mass is 9.83. The molecule has 0 radical (unpaired) electrons. The van der Waals surface area contributed by atoms with Gasteiger partial charge in [0.25, 0.3) is 0 Å². The van der Waals surface area contributed by atoms with Crippen LogP contribution in [0.1, 0.15) is 25.5 Å². The molecule has 0 saturated carbocycles. The molecule has 4 nitrogen and oxygen atoms in total. The molecule has 0 spiro atoms. The summed E-state index contributed by atoms with van der Waals surface area (Å²) in [5.41, 5.74) is -0.735. The number of hydrogen-bond donors (Lipinski definition) is 2. The van der Waals surface area contributed by atoms with Gasteiger partial charge in [0.1, 0.15) is 4.60 Å². The van der Waals surface area contributed by atoms with E-state index in [-0.39, 0.29) is 0 Å². The number of rotatable bonds is 3. The normalized spacial score (nSPS) is 13.6. The second kappa shape index (κ2) is 4.28. The highest BCUT2D eigenvalue weighted by molar-refractivity contribution is 9.10. The van der Waals surface area contributed by atoms with Gasteiger partial charge in [0, 0.05) is 11.8 Å². The Balaban J connectivity index is 2.99. The number of pyridine rings is 1. The molecule has 0 aliphatic rings. The number of aliphatic hydroxyl groups excluding tert-OH is 1. The molecule has 0 aliphatic carbocycles. The molecule has 0 amide bonds. The predicted molar refractivity (Wildman–Crippen MR) is 58.3 cm³/mol. The van der Waals surface area contributed by atoms with E-state index < -0.39 is 17.5 Å². The molecule has 0 aliphatic heterocycles. The SMILES string of the molecule is CC(C)(C(=O)O)C(O)c1ccc(Br)nc1. The minimum atomic E-state index is -1.23. The third kappa shape index (κ3) is 2.54. The monoisotopic (exact) mass is 273 g/mol. The van der Waals surface area contributed by atoms with Crippen LogP contribution in [0, 0.1) is 5.41 Å². The number of aromatic nitrogens is 1. The van der Waals surface area contributed by atoms with E-state index in [0.717, 1.165) is 0 Å². The summed E-state index contributed by atoms with van der Waals surface area (Å²) in [4.78, 5) is 14.8. The molecule has 1 heterocycles. The number of carbonyl (C=O) groups is 1. The lowest BCUT2D eigenvalue weighted by Gasteiger charge is -2.25. The number of aliphatic hydroxyl groups is 1.